The summed E-state index contributed by atoms with van der Waals surface area (Å²) in [6.07, 6.45) is 0.938. The van der Waals surface area contributed by atoms with Crippen LogP contribution in [0.25, 0.3) is 0 Å². The molecule has 2 rings (SSSR count). The molecule has 9 heteroatoms. The van der Waals surface area contributed by atoms with Gasteiger partial charge in [-0.05, 0) is 34.1 Å². The number of pyridine rings is 1. The van der Waals surface area contributed by atoms with Crippen LogP contribution in [0.4, 0.5) is 21.6 Å². The third-order valence-corrected chi connectivity index (χ3v) is 3.10. The first kappa shape index (κ1) is 14.9. The van der Waals surface area contributed by atoms with E-state index in [1.54, 1.807) is 0 Å². The van der Waals surface area contributed by atoms with E-state index in [9.17, 15) is 19.3 Å². The summed E-state index contributed by atoms with van der Waals surface area (Å²) in [7, 11) is 0. The highest BCUT2D eigenvalue weighted by molar-refractivity contribution is 9.10. The zero-order valence-electron chi connectivity index (χ0n) is 10.2. The van der Waals surface area contributed by atoms with Crippen molar-refractivity contribution >= 4 is 39.1 Å². The maximum Gasteiger partial charge on any atom is 0.339 e. The van der Waals surface area contributed by atoms with Gasteiger partial charge in [-0.1, -0.05) is 0 Å². The molecule has 0 aliphatic rings. The van der Waals surface area contributed by atoms with E-state index in [1.807, 2.05) is 0 Å². The minimum atomic E-state index is -1.37. The lowest BCUT2D eigenvalue weighted by molar-refractivity contribution is -0.385. The fourth-order valence-electron chi connectivity index (χ4n) is 1.53. The Morgan fingerprint density at radius 3 is 2.71 bits per heavy atom. The van der Waals surface area contributed by atoms with Crippen molar-refractivity contribution in [2.24, 2.45) is 0 Å². The Morgan fingerprint density at radius 2 is 2.14 bits per heavy atom. The zero-order chi connectivity index (χ0) is 15.6. The Bertz CT molecular complexity index is 738. The fourth-order valence-corrected chi connectivity index (χ4v) is 1.91. The van der Waals surface area contributed by atoms with Gasteiger partial charge in [0.15, 0.2) is 0 Å². The third kappa shape index (κ3) is 3.31. The molecule has 2 aromatic rings. The largest absolute Gasteiger partial charge is 0.478 e. The van der Waals surface area contributed by atoms with Crippen molar-refractivity contribution in [1.29, 1.82) is 0 Å². The first-order valence-corrected chi connectivity index (χ1v) is 6.27. The van der Waals surface area contributed by atoms with Crippen molar-refractivity contribution in [3.63, 3.8) is 0 Å². The highest BCUT2D eigenvalue weighted by atomic mass is 79.9. The van der Waals surface area contributed by atoms with Gasteiger partial charge in [0.25, 0.3) is 5.69 Å². The SMILES string of the molecule is O=C(O)c1cc([N+](=O)[O-])cnc1Nc1ccc(F)c(Br)c1. The van der Waals surface area contributed by atoms with Gasteiger partial charge in [-0.2, -0.15) is 0 Å². The molecule has 0 amide bonds. The topological polar surface area (TPSA) is 105 Å². The van der Waals surface area contributed by atoms with E-state index in [-0.39, 0.29) is 15.9 Å². The van der Waals surface area contributed by atoms with Gasteiger partial charge < -0.3 is 10.4 Å². The number of carboxylic acids is 1. The van der Waals surface area contributed by atoms with Crippen molar-refractivity contribution in [3.05, 3.63) is 56.4 Å². The van der Waals surface area contributed by atoms with E-state index < -0.39 is 22.4 Å². The molecule has 0 aliphatic heterocycles. The molecule has 0 radical (unpaired) electrons. The minimum absolute atomic E-state index is 0.0772. The smallest absolute Gasteiger partial charge is 0.339 e. The maximum atomic E-state index is 13.1. The summed E-state index contributed by atoms with van der Waals surface area (Å²) in [5.41, 5.74) is -0.407. The normalized spacial score (nSPS) is 10.2. The number of aromatic nitrogens is 1. The average molecular weight is 356 g/mol. The van der Waals surface area contributed by atoms with Crippen LogP contribution >= 0.6 is 15.9 Å². The van der Waals surface area contributed by atoms with Crippen molar-refractivity contribution in [3.8, 4) is 0 Å². The van der Waals surface area contributed by atoms with Crippen LogP contribution in [0.5, 0.6) is 0 Å². The minimum Gasteiger partial charge on any atom is -0.478 e. The van der Waals surface area contributed by atoms with Crippen molar-refractivity contribution in [2.45, 2.75) is 0 Å². The van der Waals surface area contributed by atoms with Gasteiger partial charge in [-0.3, -0.25) is 10.1 Å². The Balaban J connectivity index is 2.41. The number of aromatic carboxylic acids is 1. The van der Waals surface area contributed by atoms with Crippen LogP contribution < -0.4 is 5.32 Å². The molecule has 0 saturated heterocycles. The number of nitrogens with zero attached hydrogens (tertiary/aromatic N) is 2. The quantitative estimate of drug-likeness (QED) is 0.643. The summed E-state index contributed by atoms with van der Waals surface area (Å²) in [5, 5.41) is 22.4. The highest BCUT2D eigenvalue weighted by Gasteiger charge is 2.17. The summed E-state index contributed by atoms with van der Waals surface area (Å²) in [4.78, 5) is 24.8. The number of hydrogen-bond acceptors (Lipinski definition) is 5. The molecule has 0 aliphatic carbocycles. The van der Waals surface area contributed by atoms with Crippen LogP contribution in [0.3, 0.4) is 0 Å². The highest BCUT2D eigenvalue weighted by Crippen LogP contribution is 2.25. The van der Waals surface area contributed by atoms with Crippen LogP contribution in [-0.2, 0) is 0 Å². The van der Waals surface area contributed by atoms with E-state index in [0.29, 0.717) is 5.69 Å². The van der Waals surface area contributed by atoms with Gasteiger partial charge in [0.1, 0.15) is 23.4 Å². The summed E-state index contributed by atoms with van der Waals surface area (Å²) in [5.74, 6) is -1.92. The summed E-state index contributed by atoms with van der Waals surface area (Å²) >= 11 is 3.00. The number of halogens is 2. The van der Waals surface area contributed by atoms with E-state index in [0.717, 1.165) is 12.3 Å². The van der Waals surface area contributed by atoms with Crippen LogP contribution in [0.1, 0.15) is 10.4 Å². The Kier molecular flexibility index (Phi) is 4.13. The lowest BCUT2D eigenvalue weighted by Gasteiger charge is -2.09. The number of nitrogens with one attached hydrogen (secondary N) is 1. The van der Waals surface area contributed by atoms with Gasteiger partial charge >= 0.3 is 5.97 Å². The lowest BCUT2D eigenvalue weighted by Crippen LogP contribution is -2.06. The molecule has 0 unspecified atom stereocenters. The zero-order valence-corrected chi connectivity index (χ0v) is 11.8. The van der Waals surface area contributed by atoms with Gasteiger partial charge in [0.05, 0.1) is 9.40 Å². The molecule has 1 heterocycles. The molecule has 1 aromatic heterocycles. The maximum absolute atomic E-state index is 13.1. The molecule has 7 nitrogen and oxygen atoms in total. The Labute approximate surface area is 125 Å². The van der Waals surface area contributed by atoms with Gasteiger partial charge in [0, 0.05) is 11.8 Å². The monoisotopic (exact) mass is 355 g/mol. The molecule has 108 valence electrons. The Morgan fingerprint density at radius 1 is 1.43 bits per heavy atom. The van der Waals surface area contributed by atoms with E-state index in [2.05, 4.69) is 26.2 Å². The van der Waals surface area contributed by atoms with Crippen LogP contribution in [-0.4, -0.2) is 21.0 Å². The van der Waals surface area contributed by atoms with Gasteiger partial charge in [0.2, 0.25) is 0 Å². The number of rotatable bonds is 4. The molecular weight excluding hydrogens is 349 g/mol. The fraction of sp³-hybridized carbons (Fsp3) is 0. The van der Waals surface area contributed by atoms with Gasteiger partial charge in [-0.15, -0.1) is 0 Å². The number of nitro groups is 1. The second-order valence-electron chi connectivity index (χ2n) is 3.91. The molecular formula is C12H7BrFN3O4. The molecule has 0 bridgehead atoms. The molecule has 1 aromatic carbocycles. The van der Waals surface area contributed by atoms with Crippen LogP contribution in [0.15, 0.2) is 34.9 Å². The predicted octanol–water partition coefficient (Wildman–Crippen LogP) is 3.33. The summed E-state index contributed by atoms with van der Waals surface area (Å²) < 4.78 is 13.3. The number of benzene rings is 1. The summed E-state index contributed by atoms with van der Waals surface area (Å²) in [6.45, 7) is 0. The number of carbonyl (C=O) groups is 1. The molecule has 21 heavy (non-hydrogen) atoms. The molecule has 2 N–H and O–H groups in total. The average Bonchev–Trinajstić information content (AvgIpc) is 2.43. The summed E-state index contributed by atoms with van der Waals surface area (Å²) in [6, 6.07) is 4.85. The molecule has 0 spiro atoms. The van der Waals surface area contributed by atoms with E-state index in [4.69, 9.17) is 5.11 Å². The standard InChI is InChI=1S/C12H7BrFN3O4/c13-9-3-6(1-2-10(9)14)16-11-8(12(18)19)4-7(5-15-11)17(20)21/h1-5H,(H,15,16)(H,18,19). The van der Waals surface area contributed by atoms with E-state index >= 15 is 0 Å². The van der Waals surface area contributed by atoms with Gasteiger partial charge in [-0.25, -0.2) is 14.2 Å². The molecule has 0 atom stereocenters. The number of carboxylic acid groups (broad SMARTS) is 1. The first-order chi connectivity index (χ1) is 9.88. The Hall–Kier alpha value is -2.55. The lowest BCUT2D eigenvalue weighted by atomic mass is 10.2. The van der Waals surface area contributed by atoms with Crippen molar-refractivity contribution < 1.29 is 19.2 Å². The second kappa shape index (κ2) is 5.83. The third-order valence-electron chi connectivity index (χ3n) is 2.50. The van der Waals surface area contributed by atoms with Crippen LogP contribution in [0, 0.1) is 15.9 Å². The number of hydrogen-bond donors (Lipinski definition) is 2. The van der Waals surface area contributed by atoms with Crippen molar-refractivity contribution in [2.75, 3.05) is 5.32 Å². The first-order valence-electron chi connectivity index (χ1n) is 5.48. The molecule has 0 saturated carbocycles. The predicted molar refractivity (Wildman–Crippen MR) is 75.2 cm³/mol. The number of anilines is 2. The second-order valence-corrected chi connectivity index (χ2v) is 4.76. The van der Waals surface area contributed by atoms with E-state index in [1.165, 1.54) is 18.2 Å². The van der Waals surface area contributed by atoms with Crippen molar-refractivity contribution in [1.82, 2.24) is 4.98 Å². The molecule has 0 fully saturated rings. The van der Waals surface area contributed by atoms with Crippen LogP contribution in [0.2, 0.25) is 0 Å².